The van der Waals surface area contributed by atoms with Gasteiger partial charge in [-0.1, -0.05) is 0 Å². The SMILES string of the molecule is CCOC(=O)C(C(=O)OCC)=C1CCCC2CN12. The van der Waals surface area contributed by atoms with Crippen LogP contribution in [-0.2, 0) is 19.1 Å². The third-order valence-corrected chi connectivity index (χ3v) is 3.26. The number of piperidine rings is 1. The van der Waals surface area contributed by atoms with Crippen molar-refractivity contribution in [3.8, 4) is 0 Å². The van der Waals surface area contributed by atoms with Crippen LogP contribution in [0.5, 0.6) is 0 Å². The van der Waals surface area contributed by atoms with Crippen LogP contribution in [0.2, 0.25) is 0 Å². The molecule has 1 unspecified atom stereocenters. The Labute approximate surface area is 107 Å². The van der Waals surface area contributed by atoms with Gasteiger partial charge in [0, 0.05) is 18.3 Å². The van der Waals surface area contributed by atoms with Crippen LogP contribution in [0, 0.1) is 0 Å². The summed E-state index contributed by atoms with van der Waals surface area (Å²) in [7, 11) is 0. The molecule has 2 aliphatic rings. The van der Waals surface area contributed by atoms with E-state index in [2.05, 4.69) is 4.90 Å². The molecule has 1 atom stereocenters. The number of esters is 2. The summed E-state index contributed by atoms with van der Waals surface area (Å²) in [5.74, 6) is -1.11. The van der Waals surface area contributed by atoms with Gasteiger partial charge in [-0.05, 0) is 33.1 Å². The van der Waals surface area contributed by atoms with Crippen LogP contribution in [0.1, 0.15) is 33.1 Å². The molecule has 0 spiro atoms. The fourth-order valence-corrected chi connectivity index (χ4v) is 2.40. The Kier molecular flexibility index (Phi) is 3.89. The second-order valence-corrected chi connectivity index (χ2v) is 4.46. The monoisotopic (exact) mass is 253 g/mol. The number of carbonyl (C=O) groups excluding carboxylic acids is 2. The van der Waals surface area contributed by atoms with Crippen molar-refractivity contribution in [3.63, 3.8) is 0 Å². The highest BCUT2D eigenvalue weighted by Gasteiger charge is 2.42. The molecule has 2 aliphatic heterocycles. The number of ether oxygens (including phenoxy) is 2. The summed E-state index contributed by atoms with van der Waals surface area (Å²) in [6.07, 6.45) is 2.91. The van der Waals surface area contributed by atoms with Gasteiger partial charge in [-0.15, -0.1) is 0 Å². The Morgan fingerprint density at radius 3 is 2.39 bits per heavy atom. The summed E-state index contributed by atoms with van der Waals surface area (Å²) in [6, 6.07) is 0.507. The Hall–Kier alpha value is -1.52. The molecule has 0 amide bonds. The topological polar surface area (TPSA) is 55.6 Å². The standard InChI is InChI=1S/C13H19NO4/c1-3-17-12(15)11(13(16)18-4-2)10-7-5-6-9-8-14(9)10/h9H,3-8H2,1-2H3. The second kappa shape index (κ2) is 5.42. The number of fused-ring (bicyclic) bond motifs is 1. The molecule has 0 bridgehead atoms. The second-order valence-electron chi connectivity index (χ2n) is 4.46. The smallest absolute Gasteiger partial charge is 0.347 e. The van der Waals surface area contributed by atoms with Crippen molar-refractivity contribution in [2.75, 3.05) is 19.8 Å². The molecule has 0 aromatic heterocycles. The van der Waals surface area contributed by atoms with Crippen LogP contribution in [0.4, 0.5) is 0 Å². The maximum Gasteiger partial charge on any atom is 0.347 e. The van der Waals surface area contributed by atoms with E-state index in [4.69, 9.17) is 9.47 Å². The number of nitrogens with zero attached hydrogens (tertiary/aromatic N) is 1. The summed E-state index contributed by atoms with van der Waals surface area (Å²) in [4.78, 5) is 25.9. The molecule has 5 heteroatoms. The Morgan fingerprint density at radius 2 is 1.83 bits per heavy atom. The average molecular weight is 253 g/mol. The minimum absolute atomic E-state index is 0.0981. The van der Waals surface area contributed by atoms with E-state index in [0.717, 1.165) is 31.5 Å². The van der Waals surface area contributed by atoms with E-state index in [0.29, 0.717) is 6.04 Å². The third-order valence-electron chi connectivity index (χ3n) is 3.26. The van der Waals surface area contributed by atoms with Gasteiger partial charge in [0.1, 0.15) is 0 Å². The first-order valence-electron chi connectivity index (χ1n) is 6.53. The van der Waals surface area contributed by atoms with E-state index in [9.17, 15) is 9.59 Å². The van der Waals surface area contributed by atoms with Crippen molar-refractivity contribution in [2.24, 2.45) is 0 Å². The Balaban J connectivity index is 2.25. The molecule has 2 rings (SSSR count). The lowest BCUT2D eigenvalue weighted by molar-refractivity contribution is -0.146. The van der Waals surface area contributed by atoms with Crippen LogP contribution in [0.25, 0.3) is 0 Å². The van der Waals surface area contributed by atoms with Crippen molar-refractivity contribution in [3.05, 3.63) is 11.3 Å². The fourth-order valence-electron chi connectivity index (χ4n) is 2.40. The molecule has 100 valence electrons. The van der Waals surface area contributed by atoms with E-state index in [1.165, 1.54) is 0 Å². The van der Waals surface area contributed by atoms with E-state index in [1.807, 2.05) is 0 Å². The lowest BCUT2D eigenvalue weighted by Crippen LogP contribution is -2.24. The number of allylic oxidation sites excluding steroid dienone is 1. The molecule has 0 radical (unpaired) electrons. The number of hydrogen-bond donors (Lipinski definition) is 0. The van der Waals surface area contributed by atoms with Gasteiger partial charge in [0.2, 0.25) is 0 Å². The number of carbonyl (C=O) groups is 2. The van der Waals surface area contributed by atoms with Crippen LogP contribution in [0.15, 0.2) is 11.3 Å². The summed E-state index contributed by atoms with van der Waals surface area (Å²) < 4.78 is 9.93. The molecule has 2 saturated heterocycles. The first kappa shape index (κ1) is 12.9. The van der Waals surface area contributed by atoms with Gasteiger partial charge in [0.15, 0.2) is 5.57 Å². The first-order chi connectivity index (χ1) is 8.69. The predicted molar refractivity (Wildman–Crippen MR) is 64.6 cm³/mol. The molecule has 2 fully saturated rings. The van der Waals surface area contributed by atoms with Gasteiger partial charge in [-0.2, -0.15) is 0 Å². The van der Waals surface area contributed by atoms with E-state index < -0.39 is 11.9 Å². The van der Waals surface area contributed by atoms with Gasteiger partial charge in [-0.3, -0.25) is 0 Å². The summed E-state index contributed by atoms with van der Waals surface area (Å²) in [6.45, 7) is 4.92. The largest absolute Gasteiger partial charge is 0.462 e. The molecule has 5 nitrogen and oxygen atoms in total. The van der Waals surface area contributed by atoms with E-state index in [-0.39, 0.29) is 18.8 Å². The van der Waals surface area contributed by atoms with Crippen molar-refractivity contribution in [2.45, 2.75) is 39.2 Å². The summed E-state index contributed by atoms with van der Waals surface area (Å²) in [5.41, 5.74) is 0.907. The van der Waals surface area contributed by atoms with Crippen LogP contribution < -0.4 is 0 Å². The highest BCUT2D eigenvalue weighted by atomic mass is 16.6. The molecule has 0 N–H and O–H groups in total. The van der Waals surface area contributed by atoms with E-state index >= 15 is 0 Å². The quantitative estimate of drug-likeness (QED) is 0.248. The zero-order chi connectivity index (χ0) is 13.1. The third kappa shape index (κ3) is 2.49. The molecule has 0 saturated carbocycles. The molecule has 0 aromatic carbocycles. The van der Waals surface area contributed by atoms with Gasteiger partial charge in [0.05, 0.1) is 13.2 Å². The van der Waals surface area contributed by atoms with E-state index in [1.54, 1.807) is 13.8 Å². The fraction of sp³-hybridized carbons (Fsp3) is 0.692. The van der Waals surface area contributed by atoms with Crippen molar-refractivity contribution in [1.29, 1.82) is 0 Å². The van der Waals surface area contributed by atoms with Crippen molar-refractivity contribution >= 4 is 11.9 Å². The molecule has 0 aliphatic carbocycles. The Bertz CT molecular complexity index is 368. The Morgan fingerprint density at radius 1 is 1.22 bits per heavy atom. The first-order valence-corrected chi connectivity index (χ1v) is 6.53. The number of rotatable bonds is 4. The predicted octanol–water partition coefficient (Wildman–Crippen LogP) is 1.23. The van der Waals surface area contributed by atoms with Gasteiger partial charge < -0.3 is 14.4 Å². The van der Waals surface area contributed by atoms with Gasteiger partial charge in [-0.25, -0.2) is 9.59 Å². The summed E-state index contributed by atoms with van der Waals surface area (Å²) in [5, 5.41) is 0. The van der Waals surface area contributed by atoms with Crippen LogP contribution in [-0.4, -0.2) is 42.6 Å². The van der Waals surface area contributed by atoms with Crippen molar-refractivity contribution < 1.29 is 19.1 Å². The lowest BCUT2D eigenvalue weighted by atomic mass is 10.0. The minimum atomic E-state index is -0.557. The van der Waals surface area contributed by atoms with Gasteiger partial charge >= 0.3 is 11.9 Å². The minimum Gasteiger partial charge on any atom is -0.462 e. The lowest BCUT2D eigenvalue weighted by Gasteiger charge is -2.19. The maximum atomic E-state index is 11.9. The molecule has 0 aromatic rings. The van der Waals surface area contributed by atoms with Crippen molar-refractivity contribution in [1.82, 2.24) is 4.90 Å². The molecule has 2 heterocycles. The average Bonchev–Trinajstić information content (AvgIpc) is 3.10. The number of hydrogen-bond acceptors (Lipinski definition) is 5. The van der Waals surface area contributed by atoms with Crippen LogP contribution >= 0.6 is 0 Å². The van der Waals surface area contributed by atoms with Crippen LogP contribution in [0.3, 0.4) is 0 Å². The zero-order valence-electron chi connectivity index (χ0n) is 10.9. The zero-order valence-corrected chi connectivity index (χ0v) is 10.9. The highest BCUT2D eigenvalue weighted by molar-refractivity contribution is 6.14. The molecular formula is C13H19NO4. The van der Waals surface area contributed by atoms with Gasteiger partial charge in [0.25, 0.3) is 0 Å². The molecular weight excluding hydrogens is 234 g/mol. The normalized spacial score (nSPS) is 21.1. The highest BCUT2D eigenvalue weighted by Crippen LogP contribution is 2.38. The summed E-state index contributed by atoms with van der Waals surface area (Å²) >= 11 is 0. The maximum absolute atomic E-state index is 11.9. The molecule has 18 heavy (non-hydrogen) atoms.